The van der Waals surface area contributed by atoms with Crippen molar-refractivity contribution in [3.8, 4) is 0 Å². The van der Waals surface area contributed by atoms with Crippen molar-refractivity contribution in [2.24, 2.45) is 4.99 Å². The summed E-state index contributed by atoms with van der Waals surface area (Å²) in [5.74, 6) is -0.166. The van der Waals surface area contributed by atoms with E-state index in [4.69, 9.17) is 23.2 Å². The fourth-order valence-corrected chi connectivity index (χ4v) is 4.22. The zero-order valence-electron chi connectivity index (χ0n) is 14.9. The van der Waals surface area contributed by atoms with Gasteiger partial charge >= 0.3 is 0 Å². The molecule has 26 heavy (non-hydrogen) atoms. The molecule has 1 aromatic heterocycles. The summed E-state index contributed by atoms with van der Waals surface area (Å²) < 4.78 is 2.25. The Morgan fingerprint density at radius 1 is 1.27 bits per heavy atom. The third kappa shape index (κ3) is 3.70. The van der Waals surface area contributed by atoms with E-state index >= 15 is 0 Å². The second kappa shape index (κ2) is 7.51. The van der Waals surface area contributed by atoms with Gasteiger partial charge in [-0.3, -0.25) is 4.79 Å². The number of carbonyl (C=O) groups excluding carboxylic acids is 1. The maximum atomic E-state index is 12.3. The fraction of sp³-hybridized carbons (Fsp3) is 0.263. The number of hydrogen-bond acceptors (Lipinski definition) is 3. The lowest BCUT2D eigenvalue weighted by Crippen LogP contribution is -2.19. The third-order valence-corrected chi connectivity index (χ3v) is 5.85. The average molecular weight is 408 g/mol. The second-order valence-electron chi connectivity index (χ2n) is 6.34. The molecule has 1 aliphatic heterocycles. The van der Waals surface area contributed by atoms with Crippen LogP contribution >= 0.6 is 35.0 Å². The summed E-state index contributed by atoms with van der Waals surface area (Å²) in [6, 6.07) is 7.69. The molecular formula is C19H19Cl2N3OS. The first-order valence-corrected chi connectivity index (χ1v) is 9.77. The van der Waals surface area contributed by atoms with Crippen LogP contribution in [0, 0.1) is 13.8 Å². The molecular weight excluding hydrogens is 389 g/mol. The van der Waals surface area contributed by atoms with Gasteiger partial charge in [0.1, 0.15) is 0 Å². The number of aromatic nitrogens is 1. The van der Waals surface area contributed by atoms with Crippen LogP contribution in [0.25, 0.3) is 6.08 Å². The minimum Gasteiger partial charge on any atom is -0.346 e. The fourth-order valence-electron chi connectivity index (χ4n) is 3.05. The number of rotatable bonds is 3. The summed E-state index contributed by atoms with van der Waals surface area (Å²) in [5, 5.41) is 4.07. The van der Waals surface area contributed by atoms with Crippen molar-refractivity contribution in [1.82, 2.24) is 9.88 Å². The monoisotopic (exact) mass is 407 g/mol. The molecule has 0 atom stereocenters. The number of halogens is 2. The van der Waals surface area contributed by atoms with Gasteiger partial charge in [-0.15, -0.1) is 0 Å². The van der Waals surface area contributed by atoms with Crippen molar-refractivity contribution in [2.45, 2.75) is 33.7 Å². The molecule has 1 aliphatic rings. The van der Waals surface area contributed by atoms with Crippen LogP contribution in [0.5, 0.6) is 0 Å². The van der Waals surface area contributed by atoms with Crippen LogP contribution in [0.2, 0.25) is 10.0 Å². The molecule has 2 aromatic rings. The number of nitrogens with one attached hydrogen (secondary N) is 1. The highest BCUT2D eigenvalue weighted by Gasteiger charge is 2.25. The zero-order valence-corrected chi connectivity index (χ0v) is 17.3. The molecule has 0 unspecified atom stereocenters. The van der Waals surface area contributed by atoms with Gasteiger partial charge < -0.3 is 9.88 Å². The molecule has 1 saturated heterocycles. The molecule has 2 heterocycles. The first kappa shape index (κ1) is 19.1. The summed E-state index contributed by atoms with van der Waals surface area (Å²) in [4.78, 5) is 17.3. The van der Waals surface area contributed by atoms with E-state index < -0.39 is 0 Å². The van der Waals surface area contributed by atoms with Gasteiger partial charge in [0.15, 0.2) is 5.17 Å². The Labute approximate surface area is 167 Å². The Bertz CT molecular complexity index is 945. The Hall–Kier alpha value is -1.69. The van der Waals surface area contributed by atoms with Crippen LogP contribution in [0.3, 0.4) is 0 Å². The Morgan fingerprint density at radius 3 is 2.65 bits per heavy atom. The standard InChI is InChI=1S/C19H19Cl2N3OS/c1-10(2)24-11(3)8-13(12(24)4)9-16-18(25)23-19(26-16)22-15-7-5-6-14(20)17(15)21/h5-10H,1-4H3,(H,22,23,25)/b16-9+. The molecule has 0 bridgehead atoms. The lowest BCUT2D eigenvalue weighted by Gasteiger charge is -2.13. The summed E-state index contributed by atoms with van der Waals surface area (Å²) in [5.41, 5.74) is 3.88. The van der Waals surface area contributed by atoms with Crippen molar-refractivity contribution in [2.75, 3.05) is 0 Å². The lowest BCUT2D eigenvalue weighted by molar-refractivity contribution is -0.115. The van der Waals surface area contributed by atoms with Crippen molar-refractivity contribution in [1.29, 1.82) is 0 Å². The highest BCUT2D eigenvalue weighted by atomic mass is 35.5. The van der Waals surface area contributed by atoms with Crippen molar-refractivity contribution in [3.05, 3.63) is 56.2 Å². The summed E-state index contributed by atoms with van der Waals surface area (Å²) >= 11 is 13.5. The number of amidine groups is 1. The quantitative estimate of drug-likeness (QED) is 0.645. The molecule has 0 saturated carbocycles. The van der Waals surface area contributed by atoms with Gasteiger partial charge in [-0.1, -0.05) is 29.3 Å². The number of aliphatic imine (C=N–C) groups is 1. The van der Waals surface area contributed by atoms with Crippen molar-refractivity contribution in [3.63, 3.8) is 0 Å². The summed E-state index contributed by atoms with van der Waals surface area (Å²) in [6.07, 6.45) is 1.91. The topological polar surface area (TPSA) is 46.4 Å². The predicted molar refractivity (Wildman–Crippen MR) is 112 cm³/mol. The van der Waals surface area contributed by atoms with Crippen LogP contribution in [0.4, 0.5) is 5.69 Å². The molecule has 1 N–H and O–H groups in total. The van der Waals surface area contributed by atoms with E-state index in [1.807, 2.05) is 6.08 Å². The van der Waals surface area contributed by atoms with E-state index in [2.05, 4.69) is 48.6 Å². The van der Waals surface area contributed by atoms with E-state index in [9.17, 15) is 4.79 Å². The second-order valence-corrected chi connectivity index (χ2v) is 8.16. The molecule has 0 radical (unpaired) electrons. The van der Waals surface area contributed by atoms with Gasteiger partial charge in [-0.25, -0.2) is 4.99 Å². The third-order valence-electron chi connectivity index (χ3n) is 4.13. The highest BCUT2D eigenvalue weighted by Crippen LogP contribution is 2.35. The number of amides is 1. The maximum Gasteiger partial charge on any atom is 0.264 e. The van der Waals surface area contributed by atoms with E-state index in [-0.39, 0.29) is 5.91 Å². The van der Waals surface area contributed by atoms with Gasteiger partial charge in [0, 0.05) is 17.4 Å². The van der Waals surface area contributed by atoms with E-state index in [1.165, 1.54) is 17.5 Å². The van der Waals surface area contributed by atoms with Crippen LogP contribution in [-0.2, 0) is 4.79 Å². The number of carbonyl (C=O) groups is 1. The van der Waals surface area contributed by atoms with E-state index in [0.717, 1.165) is 11.3 Å². The van der Waals surface area contributed by atoms with Crippen molar-refractivity contribution >= 4 is 57.8 Å². The Morgan fingerprint density at radius 2 is 2.00 bits per heavy atom. The number of hydrogen-bond donors (Lipinski definition) is 1. The smallest absolute Gasteiger partial charge is 0.264 e. The van der Waals surface area contributed by atoms with Gasteiger partial charge in [-0.05, 0) is 69.3 Å². The lowest BCUT2D eigenvalue weighted by atomic mass is 10.2. The molecule has 0 spiro atoms. The first-order chi connectivity index (χ1) is 12.3. The van der Waals surface area contributed by atoms with Crippen LogP contribution in [-0.4, -0.2) is 15.6 Å². The number of nitrogens with zero attached hydrogens (tertiary/aromatic N) is 2. The summed E-state index contributed by atoms with van der Waals surface area (Å²) in [6.45, 7) is 8.43. The van der Waals surface area contributed by atoms with Gasteiger partial charge in [0.05, 0.1) is 20.6 Å². The molecule has 3 rings (SSSR count). The predicted octanol–water partition coefficient (Wildman–Crippen LogP) is 5.88. The first-order valence-electron chi connectivity index (χ1n) is 8.20. The number of thioether (sulfide) groups is 1. The molecule has 4 nitrogen and oxygen atoms in total. The maximum absolute atomic E-state index is 12.3. The highest BCUT2D eigenvalue weighted by molar-refractivity contribution is 8.18. The molecule has 136 valence electrons. The molecule has 7 heteroatoms. The van der Waals surface area contributed by atoms with Crippen LogP contribution in [0.1, 0.15) is 36.8 Å². The van der Waals surface area contributed by atoms with Gasteiger partial charge in [0.2, 0.25) is 0 Å². The summed E-state index contributed by atoms with van der Waals surface area (Å²) in [7, 11) is 0. The largest absolute Gasteiger partial charge is 0.346 e. The SMILES string of the molecule is Cc1cc(/C=C2/SC(=Nc3cccc(Cl)c3Cl)NC2=O)c(C)n1C(C)C. The van der Waals surface area contributed by atoms with Crippen LogP contribution < -0.4 is 5.32 Å². The Kier molecular flexibility index (Phi) is 5.51. The minimum absolute atomic E-state index is 0.166. The Balaban J connectivity index is 1.91. The van der Waals surface area contributed by atoms with Gasteiger partial charge in [0.25, 0.3) is 5.91 Å². The number of benzene rings is 1. The number of aryl methyl sites for hydroxylation is 1. The normalized spacial score (nSPS) is 17.6. The average Bonchev–Trinajstić information content (AvgIpc) is 3.04. The zero-order chi connectivity index (χ0) is 19.0. The van der Waals surface area contributed by atoms with Gasteiger partial charge in [-0.2, -0.15) is 0 Å². The minimum atomic E-state index is -0.166. The molecule has 1 amide bonds. The van der Waals surface area contributed by atoms with E-state index in [0.29, 0.717) is 31.8 Å². The van der Waals surface area contributed by atoms with Crippen molar-refractivity contribution < 1.29 is 4.79 Å². The molecule has 1 aromatic carbocycles. The molecule has 1 fully saturated rings. The molecule has 0 aliphatic carbocycles. The van der Waals surface area contributed by atoms with E-state index in [1.54, 1.807) is 18.2 Å². The van der Waals surface area contributed by atoms with Crippen LogP contribution in [0.15, 0.2) is 34.2 Å².